The molecule has 2 heteroatoms. The van der Waals surface area contributed by atoms with Crippen LogP contribution in [0.25, 0.3) is 0 Å². The minimum absolute atomic E-state index is 0.423. The van der Waals surface area contributed by atoms with Crippen molar-refractivity contribution in [1.29, 1.82) is 0 Å². The zero-order valence-corrected chi connectivity index (χ0v) is 9.95. The topological polar surface area (TPSA) is 18.5 Å². The van der Waals surface area contributed by atoms with Crippen molar-refractivity contribution in [3.8, 4) is 11.5 Å². The van der Waals surface area contributed by atoms with Gasteiger partial charge in [-0.25, -0.2) is 0 Å². The van der Waals surface area contributed by atoms with Gasteiger partial charge in [0.1, 0.15) is 11.5 Å². The molecule has 0 aliphatic heterocycles. The summed E-state index contributed by atoms with van der Waals surface area (Å²) in [4.78, 5) is 0. The Morgan fingerprint density at radius 2 is 1.62 bits per heavy atom. The SMILES string of the molecule is CCOc1ccc(OC2CCCCC2)cc1. The number of hydrogen-bond donors (Lipinski definition) is 0. The molecule has 0 bridgehead atoms. The zero-order valence-electron chi connectivity index (χ0n) is 9.95. The van der Waals surface area contributed by atoms with Gasteiger partial charge in [-0.3, -0.25) is 0 Å². The van der Waals surface area contributed by atoms with E-state index in [4.69, 9.17) is 9.47 Å². The summed E-state index contributed by atoms with van der Waals surface area (Å²) in [5.41, 5.74) is 0. The standard InChI is InChI=1S/C14H20O2/c1-2-15-12-8-10-14(11-9-12)16-13-6-4-3-5-7-13/h8-11,13H,2-7H2,1H3. The van der Waals surface area contributed by atoms with Crippen molar-refractivity contribution in [2.24, 2.45) is 0 Å². The molecular formula is C14H20O2. The second kappa shape index (κ2) is 5.78. The zero-order chi connectivity index (χ0) is 11.2. The van der Waals surface area contributed by atoms with Gasteiger partial charge in [-0.1, -0.05) is 6.42 Å². The molecule has 1 saturated carbocycles. The molecule has 1 fully saturated rings. The van der Waals surface area contributed by atoms with E-state index in [9.17, 15) is 0 Å². The van der Waals surface area contributed by atoms with E-state index in [-0.39, 0.29) is 0 Å². The van der Waals surface area contributed by atoms with Crippen molar-refractivity contribution in [2.45, 2.75) is 45.1 Å². The van der Waals surface area contributed by atoms with E-state index in [0.29, 0.717) is 12.7 Å². The van der Waals surface area contributed by atoms with E-state index in [1.165, 1.54) is 32.1 Å². The highest BCUT2D eigenvalue weighted by Crippen LogP contribution is 2.24. The van der Waals surface area contributed by atoms with Gasteiger partial charge in [0.2, 0.25) is 0 Å². The van der Waals surface area contributed by atoms with Crippen molar-refractivity contribution < 1.29 is 9.47 Å². The normalized spacial score (nSPS) is 17.1. The first-order valence-electron chi connectivity index (χ1n) is 6.28. The number of ether oxygens (including phenoxy) is 2. The summed E-state index contributed by atoms with van der Waals surface area (Å²) < 4.78 is 11.3. The highest BCUT2D eigenvalue weighted by atomic mass is 16.5. The molecule has 0 aromatic heterocycles. The molecule has 1 aromatic carbocycles. The van der Waals surface area contributed by atoms with Gasteiger partial charge in [0.25, 0.3) is 0 Å². The highest BCUT2D eigenvalue weighted by molar-refractivity contribution is 5.31. The second-order valence-corrected chi connectivity index (χ2v) is 4.28. The van der Waals surface area contributed by atoms with E-state index in [1.54, 1.807) is 0 Å². The second-order valence-electron chi connectivity index (χ2n) is 4.28. The molecule has 88 valence electrons. The summed E-state index contributed by atoms with van der Waals surface area (Å²) >= 11 is 0. The molecule has 0 unspecified atom stereocenters. The minimum atomic E-state index is 0.423. The predicted octanol–water partition coefficient (Wildman–Crippen LogP) is 3.80. The van der Waals surface area contributed by atoms with Crippen LogP contribution in [-0.4, -0.2) is 12.7 Å². The Labute approximate surface area is 97.6 Å². The lowest BCUT2D eigenvalue weighted by Gasteiger charge is -2.23. The predicted molar refractivity (Wildman–Crippen MR) is 65.1 cm³/mol. The van der Waals surface area contributed by atoms with Crippen LogP contribution in [0, 0.1) is 0 Å². The van der Waals surface area contributed by atoms with Crippen LogP contribution < -0.4 is 9.47 Å². The van der Waals surface area contributed by atoms with Crippen molar-refractivity contribution in [2.75, 3.05) is 6.61 Å². The maximum atomic E-state index is 5.93. The third-order valence-electron chi connectivity index (χ3n) is 2.99. The molecule has 0 amide bonds. The maximum Gasteiger partial charge on any atom is 0.119 e. The van der Waals surface area contributed by atoms with Crippen LogP contribution in [0.3, 0.4) is 0 Å². The number of rotatable bonds is 4. The summed E-state index contributed by atoms with van der Waals surface area (Å²) in [6.07, 6.45) is 6.80. The van der Waals surface area contributed by atoms with Crippen LogP contribution in [-0.2, 0) is 0 Å². The quantitative estimate of drug-likeness (QED) is 0.768. The molecule has 0 spiro atoms. The summed E-state index contributed by atoms with van der Waals surface area (Å²) in [6, 6.07) is 7.95. The fraction of sp³-hybridized carbons (Fsp3) is 0.571. The highest BCUT2D eigenvalue weighted by Gasteiger charge is 2.14. The molecule has 1 aromatic rings. The van der Waals surface area contributed by atoms with E-state index in [2.05, 4.69) is 0 Å². The van der Waals surface area contributed by atoms with Crippen molar-refractivity contribution >= 4 is 0 Å². The van der Waals surface area contributed by atoms with Gasteiger partial charge >= 0.3 is 0 Å². The molecule has 0 heterocycles. The molecule has 2 rings (SSSR count). The first-order valence-corrected chi connectivity index (χ1v) is 6.28. The molecule has 2 nitrogen and oxygen atoms in total. The van der Waals surface area contributed by atoms with Crippen molar-refractivity contribution in [3.63, 3.8) is 0 Å². The lowest BCUT2D eigenvalue weighted by Crippen LogP contribution is -2.19. The lowest BCUT2D eigenvalue weighted by atomic mass is 9.98. The van der Waals surface area contributed by atoms with E-state index < -0.39 is 0 Å². The van der Waals surface area contributed by atoms with Gasteiger partial charge in [0, 0.05) is 0 Å². The van der Waals surface area contributed by atoms with Gasteiger partial charge in [0.05, 0.1) is 12.7 Å². The van der Waals surface area contributed by atoms with Gasteiger partial charge in [-0.2, -0.15) is 0 Å². The van der Waals surface area contributed by atoms with Crippen molar-refractivity contribution in [3.05, 3.63) is 24.3 Å². The Hall–Kier alpha value is -1.18. The first kappa shape index (κ1) is 11.3. The number of hydrogen-bond acceptors (Lipinski definition) is 2. The van der Waals surface area contributed by atoms with Crippen LogP contribution in [0.15, 0.2) is 24.3 Å². The summed E-state index contributed by atoms with van der Waals surface area (Å²) in [6.45, 7) is 2.70. The maximum absolute atomic E-state index is 5.93. The first-order chi connectivity index (χ1) is 7.88. The Kier molecular flexibility index (Phi) is 4.09. The monoisotopic (exact) mass is 220 g/mol. The van der Waals surface area contributed by atoms with Crippen LogP contribution in [0.5, 0.6) is 11.5 Å². The molecule has 0 atom stereocenters. The third kappa shape index (κ3) is 3.16. The average Bonchev–Trinajstić information content (AvgIpc) is 2.33. The van der Waals surface area contributed by atoms with Crippen molar-refractivity contribution in [1.82, 2.24) is 0 Å². The Morgan fingerprint density at radius 3 is 2.25 bits per heavy atom. The largest absolute Gasteiger partial charge is 0.494 e. The fourth-order valence-electron chi connectivity index (χ4n) is 2.16. The molecular weight excluding hydrogens is 200 g/mol. The minimum Gasteiger partial charge on any atom is -0.494 e. The third-order valence-corrected chi connectivity index (χ3v) is 2.99. The molecule has 0 N–H and O–H groups in total. The van der Waals surface area contributed by atoms with Gasteiger partial charge in [-0.05, 0) is 56.9 Å². The molecule has 0 radical (unpaired) electrons. The van der Waals surface area contributed by atoms with Crippen LogP contribution >= 0.6 is 0 Å². The van der Waals surface area contributed by atoms with E-state index in [1.807, 2.05) is 31.2 Å². The Balaban J connectivity index is 1.88. The summed E-state index contributed by atoms with van der Waals surface area (Å²) in [5.74, 6) is 1.88. The van der Waals surface area contributed by atoms with Crippen LogP contribution in [0.4, 0.5) is 0 Å². The van der Waals surface area contributed by atoms with E-state index in [0.717, 1.165) is 11.5 Å². The molecule has 16 heavy (non-hydrogen) atoms. The molecule has 1 aliphatic rings. The molecule has 1 aliphatic carbocycles. The molecule has 0 saturated heterocycles. The summed E-state index contributed by atoms with van der Waals surface area (Å²) in [5, 5.41) is 0. The van der Waals surface area contributed by atoms with Gasteiger partial charge in [0.15, 0.2) is 0 Å². The Bertz CT molecular complexity index is 299. The number of benzene rings is 1. The summed E-state index contributed by atoms with van der Waals surface area (Å²) in [7, 11) is 0. The Morgan fingerprint density at radius 1 is 1.00 bits per heavy atom. The van der Waals surface area contributed by atoms with Crippen LogP contribution in [0.2, 0.25) is 0 Å². The smallest absolute Gasteiger partial charge is 0.119 e. The van der Waals surface area contributed by atoms with Gasteiger partial charge in [-0.15, -0.1) is 0 Å². The lowest BCUT2D eigenvalue weighted by molar-refractivity contribution is 0.155. The van der Waals surface area contributed by atoms with E-state index >= 15 is 0 Å². The fourth-order valence-corrected chi connectivity index (χ4v) is 2.16. The average molecular weight is 220 g/mol. The van der Waals surface area contributed by atoms with Gasteiger partial charge < -0.3 is 9.47 Å². The van der Waals surface area contributed by atoms with Crippen LogP contribution in [0.1, 0.15) is 39.0 Å².